The van der Waals surface area contributed by atoms with E-state index >= 15 is 0 Å². The Hall–Kier alpha value is -2.64. The molecule has 8 heteroatoms. The monoisotopic (exact) mass is 378 g/mol. The number of nitrogens with zero attached hydrogens (tertiary/aromatic N) is 3. The number of rotatable bonds is 3. The normalized spacial score (nSPS) is 15.7. The fourth-order valence-corrected chi connectivity index (χ4v) is 3.09. The number of carbonyl (C=O) groups excluding carboxylic acids is 1. The molecule has 0 bridgehead atoms. The third kappa shape index (κ3) is 4.56. The van der Waals surface area contributed by atoms with Crippen LogP contribution in [0, 0.1) is 12.8 Å². The van der Waals surface area contributed by atoms with E-state index in [0.29, 0.717) is 17.6 Å². The number of nitrogens with one attached hydrogen (secondary N) is 1. The molecule has 1 aromatic carbocycles. The largest absolute Gasteiger partial charge is 0.418 e. The van der Waals surface area contributed by atoms with Gasteiger partial charge in [-0.3, -0.25) is 4.79 Å². The second kappa shape index (κ2) is 7.54. The molecule has 1 saturated heterocycles. The lowest BCUT2D eigenvalue weighted by Crippen LogP contribution is -2.34. The lowest BCUT2D eigenvalue weighted by molar-refractivity contribution is -0.136. The summed E-state index contributed by atoms with van der Waals surface area (Å²) >= 11 is 0. The highest BCUT2D eigenvalue weighted by atomic mass is 19.4. The average molecular weight is 378 g/mol. The molecule has 3 rings (SSSR count). The standard InChI is InChI=1S/C19H21F3N4O/c1-12-7-9-26(10-8-12)17-11-16(23-13(2)24-17)18(27)25-15-6-4-3-5-14(15)19(20,21)22/h3-6,11-12H,7-10H2,1-2H3,(H,25,27). The van der Waals surface area contributed by atoms with Crippen LogP contribution in [0.3, 0.4) is 0 Å². The van der Waals surface area contributed by atoms with Gasteiger partial charge in [-0.2, -0.15) is 13.2 Å². The first kappa shape index (κ1) is 19.1. The van der Waals surface area contributed by atoms with Crippen molar-refractivity contribution in [3.05, 3.63) is 47.4 Å². The Morgan fingerprint density at radius 1 is 1.19 bits per heavy atom. The molecular weight excluding hydrogens is 357 g/mol. The van der Waals surface area contributed by atoms with Crippen molar-refractivity contribution in [3.63, 3.8) is 0 Å². The zero-order chi connectivity index (χ0) is 19.6. The number of amides is 1. The molecule has 2 aromatic rings. The van der Waals surface area contributed by atoms with Crippen LogP contribution in [0.4, 0.5) is 24.7 Å². The van der Waals surface area contributed by atoms with Crippen LogP contribution >= 0.6 is 0 Å². The first-order valence-electron chi connectivity index (χ1n) is 8.82. The molecule has 27 heavy (non-hydrogen) atoms. The van der Waals surface area contributed by atoms with Crippen molar-refractivity contribution < 1.29 is 18.0 Å². The van der Waals surface area contributed by atoms with E-state index < -0.39 is 17.6 Å². The van der Waals surface area contributed by atoms with E-state index in [1.165, 1.54) is 24.3 Å². The van der Waals surface area contributed by atoms with Crippen molar-refractivity contribution in [2.75, 3.05) is 23.3 Å². The van der Waals surface area contributed by atoms with Gasteiger partial charge < -0.3 is 10.2 Å². The average Bonchev–Trinajstić information content (AvgIpc) is 2.61. The SMILES string of the molecule is Cc1nc(C(=O)Nc2ccccc2C(F)(F)F)cc(N2CCC(C)CC2)n1. The molecule has 1 aromatic heterocycles. The molecule has 0 radical (unpaired) electrons. The van der Waals surface area contributed by atoms with Crippen molar-refractivity contribution in [3.8, 4) is 0 Å². The van der Waals surface area contributed by atoms with Gasteiger partial charge in [0.2, 0.25) is 0 Å². The predicted octanol–water partition coefficient (Wildman–Crippen LogP) is 4.29. The molecule has 144 valence electrons. The number of aryl methyl sites for hydroxylation is 1. The number of anilines is 2. The number of halogens is 3. The topological polar surface area (TPSA) is 58.1 Å². The quantitative estimate of drug-likeness (QED) is 0.866. The molecule has 0 aliphatic carbocycles. The summed E-state index contributed by atoms with van der Waals surface area (Å²) < 4.78 is 39.4. The molecule has 1 amide bonds. The van der Waals surface area contributed by atoms with Crippen molar-refractivity contribution >= 4 is 17.4 Å². The van der Waals surface area contributed by atoms with Crippen LogP contribution in [0.5, 0.6) is 0 Å². The first-order valence-corrected chi connectivity index (χ1v) is 8.82. The first-order chi connectivity index (χ1) is 12.7. The Morgan fingerprint density at radius 3 is 2.52 bits per heavy atom. The second-order valence-corrected chi connectivity index (χ2v) is 6.83. The van der Waals surface area contributed by atoms with E-state index in [9.17, 15) is 18.0 Å². The Bertz CT molecular complexity index is 830. The third-order valence-electron chi connectivity index (χ3n) is 4.65. The van der Waals surface area contributed by atoms with E-state index in [1.54, 1.807) is 6.92 Å². The zero-order valence-corrected chi connectivity index (χ0v) is 15.2. The molecule has 5 nitrogen and oxygen atoms in total. The van der Waals surface area contributed by atoms with Gasteiger partial charge in [-0.05, 0) is 37.8 Å². The van der Waals surface area contributed by atoms with E-state index in [4.69, 9.17) is 0 Å². The number of hydrogen-bond acceptors (Lipinski definition) is 4. The number of alkyl halides is 3. The van der Waals surface area contributed by atoms with Crippen LogP contribution in [0.2, 0.25) is 0 Å². The number of benzene rings is 1. The van der Waals surface area contributed by atoms with Crippen molar-refractivity contribution in [1.82, 2.24) is 9.97 Å². The molecule has 0 atom stereocenters. The van der Waals surface area contributed by atoms with Gasteiger partial charge in [0.15, 0.2) is 0 Å². The van der Waals surface area contributed by atoms with Gasteiger partial charge in [0.1, 0.15) is 17.3 Å². The van der Waals surface area contributed by atoms with Crippen LogP contribution in [0.1, 0.15) is 41.6 Å². The highest BCUT2D eigenvalue weighted by Crippen LogP contribution is 2.34. The number of para-hydroxylation sites is 1. The third-order valence-corrected chi connectivity index (χ3v) is 4.65. The van der Waals surface area contributed by atoms with Gasteiger partial charge in [-0.1, -0.05) is 19.1 Å². The number of carbonyl (C=O) groups is 1. The van der Waals surface area contributed by atoms with Crippen LogP contribution in [-0.2, 0) is 6.18 Å². The lowest BCUT2D eigenvalue weighted by Gasteiger charge is -2.31. The summed E-state index contributed by atoms with van der Waals surface area (Å²) in [4.78, 5) is 23.1. The van der Waals surface area contributed by atoms with E-state index in [2.05, 4.69) is 27.1 Å². The van der Waals surface area contributed by atoms with Crippen molar-refractivity contribution in [1.29, 1.82) is 0 Å². The number of piperidine rings is 1. The molecule has 0 saturated carbocycles. The van der Waals surface area contributed by atoms with Gasteiger partial charge in [0.05, 0.1) is 11.3 Å². The summed E-state index contributed by atoms with van der Waals surface area (Å²) in [6.07, 6.45) is -2.49. The predicted molar refractivity (Wildman–Crippen MR) is 96.8 cm³/mol. The maximum Gasteiger partial charge on any atom is 0.418 e. The van der Waals surface area contributed by atoms with Gasteiger partial charge in [-0.15, -0.1) is 0 Å². The highest BCUT2D eigenvalue weighted by molar-refractivity contribution is 6.03. The van der Waals surface area contributed by atoms with E-state index in [1.807, 2.05) is 0 Å². The Balaban J connectivity index is 1.84. The molecule has 1 N–H and O–H groups in total. The van der Waals surface area contributed by atoms with Gasteiger partial charge in [0.25, 0.3) is 5.91 Å². The maximum absolute atomic E-state index is 13.1. The maximum atomic E-state index is 13.1. The molecule has 1 fully saturated rings. The minimum absolute atomic E-state index is 0.0492. The van der Waals surface area contributed by atoms with E-state index in [-0.39, 0.29) is 11.4 Å². The summed E-state index contributed by atoms with van der Waals surface area (Å²) in [5.41, 5.74) is -1.14. The van der Waals surface area contributed by atoms with Crippen molar-refractivity contribution in [2.24, 2.45) is 5.92 Å². The second-order valence-electron chi connectivity index (χ2n) is 6.83. The van der Waals surface area contributed by atoms with Gasteiger partial charge in [0, 0.05) is 19.2 Å². The smallest absolute Gasteiger partial charge is 0.356 e. The Kier molecular flexibility index (Phi) is 5.34. The molecule has 2 heterocycles. The summed E-state index contributed by atoms with van der Waals surface area (Å²) in [5.74, 6) is 0.985. The summed E-state index contributed by atoms with van der Waals surface area (Å²) in [6, 6.07) is 6.41. The van der Waals surface area contributed by atoms with Crippen molar-refractivity contribution in [2.45, 2.75) is 32.9 Å². The number of aromatic nitrogens is 2. The number of hydrogen-bond donors (Lipinski definition) is 1. The Labute approximate surface area is 155 Å². The molecule has 0 unspecified atom stereocenters. The minimum atomic E-state index is -4.55. The summed E-state index contributed by atoms with van der Waals surface area (Å²) in [5, 5.41) is 2.33. The van der Waals surface area contributed by atoms with Crippen LogP contribution in [0.15, 0.2) is 30.3 Å². The molecular formula is C19H21F3N4O. The van der Waals surface area contributed by atoms with Gasteiger partial charge >= 0.3 is 6.18 Å². The fraction of sp³-hybridized carbons (Fsp3) is 0.421. The molecule has 0 spiro atoms. The molecule has 1 aliphatic rings. The van der Waals surface area contributed by atoms with Crippen LogP contribution in [0.25, 0.3) is 0 Å². The van der Waals surface area contributed by atoms with Crippen LogP contribution in [-0.4, -0.2) is 29.0 Å². The zero-order valence-electron chi connectivity index (χ0n) is 15.2. The van der Waals surface area contributed by atoms with E-state index in [0.717, 1.165) is 32.0 Å². The van der Waals surface area contributed by atoms with Crippen LogP contribution < -0.4 is 10.2 Å². The minimum Gasteiger partial charge on any atom is -0.356 e. The highest BCUT2D eigenvalue weighted by Gasteiger charge is 2.33. The summed E-state index contributed by atoms with van der Waals surface area (Å²) in [6.45, 7) is 5.52. The Morgan fingerprint density at radius 2 is 1.85 bits per heavy atom. The van der Waals surface area contributed by atoms with Gasteiger partial charge in [-0.25, -0.2) is 9.97 Å². The fourth-order valence-electron chi connectivity index (χ4n) is 3.09. The summed E-state index contributed by atoms with van der Waals surface area (Å²) in [7, 11) is 0. The lowest BCUT2D eigenvalue weighted by atomic mass is 9.99. The molecule has 1 aliphatic heterocycles.